The van der Waals surface area contributed by atoms with Gasteiger partial charge in [-0.1, -0.05) is 12.8 Å². The van der Waals surface area contributed by atoms with Crippen LogP contribution in [0.3, 0.4) is 0 Å². The van der Waals surface area contributed by atoms with Gasteiger partial charge < -0.3 is 10.4 Å². The highest BCUT2D eigenvalue weighted by molar-refractivity contribution is 4.84. The molecule has 2 saturated carbocycles. The van der Waals surface area contributed by atoms with Crippen LogP contribution in [0.25, 0.3) is 0 Å². The van der Waals surface area contributed by atoms with E-state index >= 15 is 0 Å². The van der Waals surface area contributed by atoms with Crippen LogP contribution in [0.4, 0.5) is 13.2 Å². The lowest BCUT2D eigenvalue weighted by Gasteiger charge is -2.32. The molecule has 0 radical (unpaired) electrons. The van der Waals surface area contributed by atoms with Gasteiger partial charge >= 0.3 is 6.18 Å². The van der Waals surface area contributed by atoms with Crippen LogP contribution in [0.2, 0.25) is 0 Å². The van der Waals surface area contributed by atoms with Crippen molar-refractivity contribution in [2.45, 2.75) is 63.3 Å². The molecule has 106 valence electrons. The molecule has 0 aromatic carbocycles. The van der Waals surface area contributed by atoms with E-state index in [2.05, 4.69) is 5.32 Å². The van der Waals surface area contributed by atoms with Gasteiger partial charge in [0.1, 0.15) is 0 Å². The van der Waals surface area contributed by atoms with Crippen molar-refractivity contribution in [3.05, 3.63) is 0 Å². The standard InChI is InChI=1S/C13H22F3NO/c14-13(15,16)10-4-2-5-11(7-10)17-8-9-3-1-6-12(9)18/h9-12,17-18H,1-8H2. The van der Waals surface area contributed by atoms with E-state index in [1.54, 1.807) is 0 Å². The fourth-order valence-electron chi connectivity index (χ4n) is 3.25. The van der Waals surface area contributed by atoms with Gasteiger partial charge in [0.25, 0.3) is 0 Å². The van der Waals surface area contributed by atoms with Crippen molar-refractivity contribution < 1.29 is 18.3 Å². The van der Waals surface area contributed by atoms with Gasteiger partial charge in [-0.3, -0.25) is 0 Å². The molecular formula is C13H22F3NO. The Labute approximate surface area is 106 Å². The van der Waals surface area contributed by atoms with Crippen LogP contribution in [0.15, 0.2) is 0 Å². The fraction of sp³-hybridized carbons (Fsp3) is 1.00. The van der Waals surface area contributed by atoms with Crippen molar-refractivity contribution in [3.8, 4) is 0 Å². The number of nitrogens with one attached hydrogen (secondary N) is 1. The second kappa shape index (κ2) is 5.78. The summed E-state index contributed by atoms with van der Waals surface area (Å²) >= 11 is 0. The fourth-order valence-corrected chi connectivity index (χ4v) is 3.25. The summed E-state index contributed by atoms with van der Waals surface area (Å²) in [6.07, 6.45) is 0.492. The van der Waals surface area contributed by atoms with Crippen LogP contribution in [0.5, 0.6) is 0 Å². The Bertz CT molecular complexity index is 269. The Balaban J connectivity index is 1.76. The minimum atomic E-state index is -4.05. The average Bonchev–Trinajstić information content (AvgIpc) is 2.72. The summed E-state index contributed by atoms with van der Waals surface area (Å²) in [5.41, 5.74) is 0. The third-order valence-corrected chi connectivity index (χ3v) is 4.42. The minimum absolute atomic E-state index is 0.0295. The smallest absolute Gasteiger partial charge is 0.391 e. The molecule has 2 rings (SSSR count). The van der Waals surface area contributed by atoms with Gasteiger partial charge in [-0.2, -0.15) is 13.2 Å². The van der Waals surface area contributed by atoms with E-state index in [9.17, 15) is 18.3 Å². The molecule has 2 nitrogen and oxygen atoms in total. The monoisotopic (exact) mass is 265 g/mol. The molecule has 0 aromatic heterocycles. The molecule has 0 spiro atoms. The van der Waals surface area contributed by atoms with Crippen LogP contribution in [-0.4, -0.2) is 30.0 Å². The van der Waals surface area contributed by atoms with E-state index in [1.165, 1.54) is 0 Å². The van der Waals surface area contributed by atoms with Crippen LogP contribution < -0.4 is 5.32 Å². The molecule has 0 bridgehead atoms. The zero-order valence-electron chi connectivity index (χ0n) is 10.5. The largest absolute Gasteiger partial charge is 0.393 e. The van der Waals surface area contributed by atoms with Crippen LogP contribution in [-0.2, 0) is 0 Å². The van der Waals surface area contributed by atoms with Gasteiger partial charge in [-0.25, -0.2) is 0 Å². The van der Waals surface area contributed by atoms with Gasteiger partial charge in [-0.05, 0) is 38.0 Å². The number of aliphatic hydroxyl groups excluding tert-OH is 1. The van der Waals surface area contributed by atoms with Gasteiger partial charge in [0.05, 0.1) is 12.0 Å². The van der Waals surface area contributed by atoms with E-state index in [1.807, 2.05) is 0 Å². The van der Waals surface area contributed by atoms with Crippen LogP contribution in [0.1, 0.15) is 44.9 Å². The Morgan fingerprint density at radius 2 is 1.78 bits per heavy atom. The van der Waals surface area contributed by atoms with Crippen molar-refractivity contribution in [2.24, 2.45) is 11.8 Å². The number of halogens is 3. The molecular weight excluding hydrogens is 243 g/mol. The van der Waals surface area contributed by atoms with Crippen molar-refractivity contribution in [1.29, 1.82) is 0 Å². The molecule has 2 N–H and O–H groups in total. The van der Waals surface area contributed by atoms with E-state index in [4.69, 9.17) is 0 Å². The van der Waals surface area contributed by atoms with E-state index < -0.39 is 12.1 Å². The summed E-state index contributed by atoms with van der Waals surface area (Å²) in [4.78, 5) is 0. The first kappa shape index (κ1) is 14.1. The summed E-state index contributed by atoms with van der Waals surface area (Å²) in [7, 11) is 0. The first-order valence-corrected chi connectivity index (χ1v) is 6.95. The summed E-state index contributed by atoms with van der Waals surface area (Å²) < 4.78 is 38.0. The minimum Gasteiger partial charge on any atom is -0.393 e. The summed E-state index contributed by atoms with van der Waals surface area (Å²) in [6, 6.07) is -0.0295. The van der Waals surface area contributed by atoms with E-state index in [-0.39, 0.29) is 30.9 Å². The molecule has 2 fully saturated rings. The highest BCUT2D eigenvalue weighted by atomic mass is 19.4. The maximum absolute atomic E-state index is 12.7. The van der Waals surface area contributed by atoms with Crippen molar-refractivity contribution in [3.63, 3.8) is 0 Å². The molecule has 4 atom stereocenters. The second-order valence-electron chi connectivity index (χ2n) is 5.77. The molecule has 0 aromatic rings. The molecule has 0 saturated heterocycles. The lowest BCUT2D eigenvalue weighted by Crippen LogP contribution is -2.41. The molecule has 4 unspecified atom stereocenters. The highest BCUT2D eigenvalue weighted by Gasteiger charge is 2.42. The third kappa shape index (κ3) is 3.60. The number of alkyl halides is 3. The third-order valence-electron chi connectivity index (χ3n) is 4.42. The molecule has 0 aliphatic heterocycles. The first-order valence-electron chi connectivity index (χ1n) is 6.95. The lowest BCUT2D eigenvalue weighted by atomic mass is 9.85. The zero-order valence-corrected chi connectivity index (χ0v) is 10.5. The van der Waals surface area contributed by atoms with Crippen LogP contribution in [0, 0.1) is 11.8 Å². The summed E-state index contributed by atoms with van der Waals surface area (Å²) in [5.74, 6) is -0.909. The van der Waals surface area contributed by atoms with Crippen molar-refractivity contribution in [1.82, 2.24) is 5.32 Å². The summed E-state index contributed by atoms with van der Waals surface area (Å²) in [5, 5.41) is 12.9. The second-order valence-corrected chi connectivity index (χ2v) is 5.77. The SMILES string of the molecule is OC1CCCC1CNC1CCCC(C(F)(F)F)C1. The van der Waals surface area contributed by atoms with Crippen molar-refractivity contribution >= 4 is 0 Å². The first-order chi connectivity index (χ1) is 8.47. The van der Waals surface area contributed by atoms with E-state index in [0.717, 1.165) is 25.7 Å². The van der Waals surface area contributed by atoms with Gasteiger partial charge in [-0.15, -0.1) is 0 Å². The lowest BCUT2D eigenvalue weighted by molar-refractivity contribution is -0.183. The molecule has 5 heteroatoms. The quantitative estimate of drug-likeness (QED) is 0.822. The Kier molecular flexibility index (Phi) is 4.54. The normalized spacial score (nSPS) is 38.0. The molecule has 2 aliphatic rings. The van der Waals surface area contributed by atoms with E-state index in [0.29, 0.717) is 13.0 Å². The Morgan fingerprint density at radius 3 is 2.39 bits per heavy atom. The Morgan fingerprint density at radius 1 is 1.06 bits per heavy atom. The molecule has 0 amide bonds. The van der Waals surface area contributed by atoms with Gasteiger partial charge in [0, 0.05) is 12.6 Å². The predicted molar refractivity (Wildman–Crippen MR) is 63.2 cm³/mol. The van der Waals surface area contributed by atoms with Crippen LogP contribution >= 0.6 is 0 Å². The molecule has 0 heterocycles. The highest BCUT2D eigenvalue weighted by Crippen LogP contribution is 2.37. The zero-order chi connectivity index (χ0) is 13.2. The van der Waals surface area contributed by atoms with Gasteiger partial charge in [0.2, 0.25) is 0 Å². The number of rotatable bonds is 3. The number of aliphatic hydroxyl groups is 1. The maximum Gasteiger partial charge on any atom is 0.391 e. The number of hydrogen-bond donors (Lipinski definition) is 2. The molecule has 2 aliphatic carbocycles. The maximum atomic E-state index is 12.7. The Hall–Kier alpha value is -0.290. The predicted octanol–water partition coefficient (Wildman–Crippen LogP) is 2.86. The topological polar surface area (TPSA) is 32.3 Å². The van der Waals surface area contributed by atoms with Gasteiger partial charge in [0.15, 0.2) is 0 Å². The van der Waals surface area contributed by atoms with Crippen molar-refractivity contribution in [2.75, 3.05) is 6.54 Å². The number of hydrogen-bond acceptors (Lipinski definition) is 2. The average molecular weight is 265 g/mol. The molecule has 18 heavy (non-hydrogen) atoms. The summed E-state index contributed by atoms with van der Waals surface area (Å²) in [6.45, 7) is 0.663.